The minimum absolute atomic E-state index is 0.0310. The van der Waals surface area contributed by atoms with Crippen LogP contribution in [0.5, 0.6) is 0 Å². The highest BCUT2D eigenvalue weighted by Gasteiger charge is 2.30. The van der Waals surface area contributed by atoms with Crippen molar-refractivity contribution < 1.29 is 28.7 Å². The molecular weight excluding hydrogens is 404 g/mol. The van der Waals surface area contributed by atoms with Crippen molar-refractivity contribution in [2.45, 2.75) is 27.7 Å². The summed E-state index contributed by atoms with van der Waals surface area (Å²) in [6.07, 6.45) is -0.328. The van der Waals surface area contributed by atoms with Crippen LogP contribution in [0, 0.1) is 11.8 Å². The van der Waals surface area contributed by atoms with Gasteiger partial charge < -0.3 is 29.1 Å². The molecule has 10 nitrogen and oxygen atoms in total. The summed E-state index contributed by atoms with van der Waals surface area (Å²) in [5.74, 6) is -0.0302. The lowest BCUT2D eigenvalue weighted by Crippen LogP contribution is -2.58. The van der Waals surface area contributed by atoms with Gasteiger partial charge in [-0.2, -0.15) is 0 Å². The van der Waals surface area contributed by atoms with Crippen LogP contribution in [0.15, 0.2) is 0 Å². The van der Waals surface area contributed by atoms with Gasteiger partial charge in [-0.25, -0.2) is 9.59 Å². The molecule has 0 aromatic heterocycles. The van der Waals surface area contributed by atoms with Gasteiger partial charge >= 0.3 is 12.1 Å². The molecule has 0 bridgehead atoms. The molecule has 2 heterocycles. The Kier molecular flexibility index (Phi) is 9.54. The van der Waals surface area contributed by atoms with Gasteiger partial charge in [0.2, 0.25) is 5.91 Å². The van der Waals surface area contributed by atoms with Gasteiger partial charge in [0.25, 0.3) is 0 Å². The molecule has 2 fully saturated rings. The zero-order valence-corrected chi connectivity index (χ0v) is 19.2. The van der Waals surface area contributed by atoms with Crippen LogP contribution < -0.4 is 0 Å². The third-order valence-electron chi connectivity index (χ3n) is 5.37. The van der Waals surface area contributed by atoms with E-state index in [-0.39, 0.29) is 48.9 Å². The number of hydrogen-bond acceptors (Lipinski definition) is 6. The average Bonchev–Trinajstić information content (AvgIpc) is 2.76. The van der Waals surface area contributed by atoms with Gasteiger partial charge in [-0.1, -0.05) is 27.7 Å². The third kappa shape index (κ3) is 7.68. The number of carbonyl (C=O) groups excluding carboxylic acids is 4. The maximum absolute atomic E-state index is 12.8. The van der Waals surface area contributed by atoms with Gasteiger partial charge in [0, 0.05) is 58.3 Å². The molecule has 0 atom stereocenters. The van der Waals surface area contributed by atoms with Gasteiger partial charge in [0.05, 0.1) is 6.61 Å². The summed E-state index contributed by atoms with van der Waals surface area (Å²) < 4.78 is 10.5. The Morgan fingerprint density at radius 3 is 1.68 bits per heavy atom. The van der Waals surface area contributed by atoms with Crippen LogP contribution in [0.4, 0.5) is 9.59 Å². The number of amides is 4. The van der Waals surface area contributed by atoms with Gasteiger partial charge in [-0.05, 0) is 5.92 Å². The quantitative estimate of drug-likeness (QED) is 0.583. The van der Waals surface area contributed by atoms with E-state index in [1.54, 1.807) is 33.4 Å². The number of nitrogens with zero attached hydrogens (tertiary/aromatic N) is 4. The first-order chi connectivity index (χ1) is 14.7. The molecule has 0 saturated carbocycles. The van der Waals surface area contributed by atoms with E-state index >= 15 is 0 Å². The number of urea groups is 1. The number of Topliss-reactive ketones (excluding diaryl/α,β-unsaturated/α-hetero) is 1. The number of ketones is 1. The first-order valence-electron chi connectivity index (χ1n) is 11.0. The molecule has 0 N–H and O–H groups in total. The van der Waals surface area contributed by atoms with E-state index in [1.165, 1.54) is 0 Å². The summed E-state index contributed by atoms with van der Waals surface area (Å²) in [6, 6.07) is -0.0684. The lowest BCUT2D eigenvalue weighted by atomic mass is 10.1. The maximum atomic E-state index is 12.8. The smallest absolute Gasteiger partial charge is 0.409 e. The largest absolute Gasteiger partial charge is 0.449 e. The predicted octanol–water partition coefficient (Wildman–Crippen LogP) is 0.903. The number of carbonyl (C=O) groups is 4. The van der Waals surface area contributed by atoms with Gasteiger partial charge in [-0.3, -0.25) is 9.59 Å². The van der Waals surface area contributed by atoms with Crippen LogP contribution in [0.3, 0.4) is 0 Å². The highest BCUT2D eigenvalue weighted by atomic mass is 16.6. The van der Waals surface area contributed by atoms with Gasteiger partial charge in [0.1, 0.15) is 13.2 Å². The van der Waals surface area contributed by atoms with E-state index < -0.39 is 0 Å². The molecule has 31 heavy (non-hydrogen) atoms. The van der Waals surface area contributed by atoms with E-state index in [0.29, 0.717) is 59.0 Å². The average molecular weight is 441 g/mol. The fraction of sp³-hybridized carbons (Fsp3) is 0.810. The molecule has 176 valence electrons. The minimum Gasteiger partial charge on any atom is -0.449 e. The van der Waals surface area contributed by atoms with Crippen molar-refractivity contribution in [1.82, 2.24) is 19.6 Å². The van der Waals surface area contributed by atoms with E-state index in [9.17, 15) is 19.2 Å². The van der Waals surface area contributed by atoms with Crippen LogP contribution in [0.25, 0.3) is 0 Å². The van der Waals surface area contributed by atoms with Crippen LogP contribution >= 0.6 is 0 Å². The highest BCUT2D eigenvalue weighted by molar-refractivity contribution is 5.82. The Balaban J connectivity index is 1.68. The molecule has 10 heteroatoms. The summed E-state index contributed by atoms with van der Waals surface area (Å²) in [7, 11) is 0. The molecule has 2 rings (SSSR count). The van der Waals surface area contributed by atoms with Crippen LogP contribution in [-0.2, 0) is 19.1 Å². The van der Waals surface area contributed by atoms with E-state index in [1.807, 2.05) is 13.8 Å². The number of rotatable bonds is 7. The van der Waals surface area contributed by atoms with E-state index in [2.05, 4.69) is 0 Å². The van der Waals surface area contributed by atoms with E-state index in [4.69, 9.17) is 9.47 Å². The summed E-state index contributed by atoms with van der Waals surface area (Å²) in [5, 5.41) is 0. The van der Waals surface area contributed by atoms with Crippen LogP contribution in [-0.4, -0.2) is 116 Å². The highest BCUT2D eigenvalue weighted by Crippen LogP contribution is 2.11. The zero-order valence-electron chi connectivity index (χ0n) is 19.2. The molecule has 0 aromatic carbocycles. The summed E-state index contributed by atoms with van der Waals surface area (Å²) in [6.45, 7) is 11.4. The van der Waals surface area contributed by atoms with Crippen molar-refractivity contribution in [3.05, 3.63) is 0 Å². The molecule has 2 saturated heterocycles. The fourth-order valence-corrected chi connectivity index (χ4v) is 3.25. The second kappa shape index (κ2) is 11.9. The molecular formula is C21H36N4O6. The van der Waals surface area contributed by atoms with Crippen LogP contribution in [0.1, 0.15) is 27.7 Å². The first-order valence-corrected chi connectivity index (χ1v) is 11.0. The molecule has 0 aliphatic carbocycles. The van der Waals surface area contributed by atoms with Crippen molar-refractivity contribution in [3.8, 4) is 0 Å². The predicted molar refractivity (Wildman–Crippen MR) is 114 cm³/mol. The summed E-state index contributed by atoms with van der Waals surface area (Å²) in [5.41, 5.74) is 0. The van der Waals surface area contributed by atoms with Crippen molar-refractivity contribution >= 4 is 23.8 Å². The van der Waals surface area contributed by atoms with Crippen molar-refractivity contribution in [2.75, 3.05) is 72.2 Å². The zero-order chi connectivity index (χ0) is 23.0. The van der Waals surface area contributed by atoms with E-state index in [0.717, 1.165) is 0 Å². The Morgan fingerprint density at radius 2 is 1.19 bits per heavy atom. The summed E-state index contributed by atoms with van der Waals surface area (Å²) in [4.78, 5) is 55.4. The first kappa shape index (κ1) is 24.9. The Morgan fingerprint density at radius 1 is 0.710 bits per heavy atom. The van der Waals surface area contributed by atoms with Crippen LogP contribution in [0.2, 0.25) is 0 Å². The monoisotopic (exact) mass is 440 g/mol. The third-order valence-corrected chi connectivity index (χ3v) is 5.37. The van der Waals surface area contributed by atoms with Crippen molar-refractivity contribution in [3.63, 3.8) is 0 Å². The fourth-order valence-electron chi connectivity index (χ4n) is 3.25. The topological polar surface area (TPSA) is 99.7 Å². The van der Waals surface area contributed by atoms with Gasteiger partial charge in [0.15, 0.2) is 5.78 Å². The second-order valence-electron chi connectivity index (χ2n) is 8.71. The lowest BCUT2D eigenvalue weighted by molar-refractivity contribution is -0.139. The maximum Gasteiger partial charge on any atom is 0.409 e. The molecule has 2 aliphatic heterocycles. The van der Waals surface area contributed by atoms with Gasteiger partial charge in [-0.15, -0.1) is 0 Å². The molecule has 0 radical (unpaired) electrons. The molecule has 0 aromatic rings. The summed E-state index contributed by atoms with van der Waals surface area (Å²) >= 11 is 0. The Bertz CT molecular complexity index is 638. The molecule has 0 unspecified atom stereocenters. The van der Waals surface area contributed by atoms with Crippen molar-refractivity contribution in [2.24, 2.45) is 11.8 Å². The Labute approximate surface area is 184 Å². The molecule has 2 aliphatic rings. The number of hydrogen-bond donors (Lipinski definition) is 0. The second-order valence-corrected chi connectivity index (χ2v) is 8.71. The minimum atomic E-state index is -0.328. The molecule has 0 spiro atoms. The number of ether oxygens (including phenoxy) is 2. The Hall–Kier alpha value is -2.36. The SMILES string of the molecule is CC(C)COC(=O)N1CCN(C(=O)N2CCN(C(=O)COCC(=O)C(C)C)CC2)CC1. The standard InChI is InChI=1S/C21H36N4O6/c1-16(2)13-31-21(29)25-11-9-24(10-12-25)20(28)23-7-5-22(6-8-23)19(27)15-30-14-18(26)17(3)4/h16-17H,5-15H2,1-4H3. The number of piperazine rings is 2. The van der Waals surface area contributed by atoms with Crippen molar-refractivity contribution in [1.29, 1.82) is 0 Å². The normalized spacial score (nSPS) is 17.4. The lowest BCUT2D eigenvalue weighted by Gasteiger charge is -2.40. The molecule has 4 amide bonds.